The number of rotatable bonds is 9. The molecule has 2 atom stereocenters. The largest absolute Gasteiger partial charge is 0.407 e. The highest BCUT2D eigenvalue weighted by molar-refractivity contribution is 6.99. The van der Waals surface area contributed by atoms with E-state index in [9.17, 15) is 0 Å². The number of alkyl halides is 1. The van der Waals surface area contributed by atoms with Crippen molar-refractivity contribution in [1.82, 2.24) is 0 Å². The Kier molecular flexibility index (Phi) is 9.29. The third-order valence-corrected chi connectivity index (χ3v) is 16.4. The summed E-state index contributed by atoms with van der Waals surface area (Å²) in [6, 6.07) is 22.1. The summed E-state index contributed by atoms with van der Waals surface area (Å²) >= 11 is 6.47. The van der Waals surface area contributed by atoms with Gasteiger partial charge in [0.1, 0.15) is 0 Å². The van der Waals surface area contributed by atoms with Gasteiger partial charge in [0, 0.05) is 25.3 Å². The summed E-state index contributed by atoms with van der Waals surface area (Å²) in [5, 5.41) is 2.68. The fourth-order valence-corrected chi connectivity index (χ4v) is 13.7. The molecule has 41 heavy (non-hydrogen) atoms. The fraction of sp³-hybridized carbons (Fsp3) is 0.611. The molecular formula is C36H51ClO3Si. The Morgan fingerprint density at radius 1 is 0.878 bits per heavy atom. The highest BCUT2D eigenvalue weighted by atomic mass is 35.5. The lowest BCUT2D eigenvalue weighted by Gasteiger charge is -2.59. The molecule has 2 aromatic carbocycles. The molecule has 1 aliphatic heterocycles. The Bertz CT molecular complexity index is 1120. The van der Waals surface area contributed by atoms with Crippen LogP contribution in [0.15, 0.2) is 72.3 Å². The summed E-state index contributed by atoms with van der Waals surface area (Å²) in [7, 11) is -2.60. The molecule has 3 nitrogen and oxygen atoms in total. The van der Waals surface area contributed by atoms with Crippen LogP contribution in [0, 0.1) is 16.7 Å². The van der Waals surface area contributed by atoms with Crippen LogP contribution in [0.25, 0.3) is 0 Å². The average molecular weight is 595 g/mol. The van der Waals surface area contributed by atoms with Gasteiger partial charge in [0.15, 0.2) is 5.79 Å². The molecule has 0 bridgehead atoms. The van der Waals surface area contributed by atoms with E-state index in [4.69, 9.17) is 25.5 Å². The van der Waals surface area contributed by atoms with E-state index in [0.29, 0.717) is 11.8 Å². The summed E-state index contributed by atoms with van der Waals surface area (Å²) in [6.07, 6.45) is 11.1. The third-order valence-electron chi connectivity index (χ3n) is 11.2. The van der Waals surface area contributed by atoms with Gasteiger partial charge < -0.3 is 13.9 Å². The monoisotopic (exact) mass is 594 g/mol. The van der Waals surface area contributed by atoms with Gasteiger partial charge in [-0.2, -0.15) is 0 Å². The molecule has 0 N–H and O–H groups in total. The first kappa shape index (κ1) is 31.0. The molecule has 2 fully saturated rings. The first-order valence-electron chi connectivity index (χ1n) is 15.9. The van der Waals surface area contributed by atoms with Gasteiger partial charge in [-0.25, -0.2) is 0 Å². The molecule has 5 rings (SSSR count). The van der Waals surface area contributed by atoms with E-state index >= 15 is 0 Å². The molecule has 1 spiro atoms. The Morgan fingerprint density at radius 3 is 1.95 bits per heavy atom. The van der Waals surface area contributed by atoms with Crippen molar-refractivity contribution in [1.29, 1.82) is 0 Å². The number of hydrogen-bond acceptors (Lipinski definition) is 3. The van der Waals surface area contributed by atoms with Gasteiger partial charge in [0.25, 0.3) is 8.32 Å². The van der Waals surface area contributed by atoms with Gasteiger partial charge in [-0.15, -0.1) is 11.6 Å². The molecular weight excluding hydrogens is 544 g/mol. The van der Waals surface area contributed by atoms with Crippen molar-refractivity contribution in [2.45, 2.75) is 96.8 Å². The second-order valence-corrected chi connectivity index (χ2v) is 18.8. The molecule has 0 amide bonds. The molecule has 3 aliphatic rings. The van der Waals surface area contributed by atoms with Crippen LogP contribution in [-0.4, -0.2) is 39.8 Å². The van der Waals surface area contributed by atoms with Gasteiger partial charge in [-0.1, -0.05) is 100 Å². The van der Waals surface area contributed by atoms with Crippen LogP contribution in [-0.2, 0) is 13.9 Å². The van der Waals surface area contributed by atoms with Crippen molar-refractivity contribution >= 4 is 30.3 Å². The molecule has 0 radical (unpaired) electrons. The SMILES string of the molecule is CC1=CCC[C@](C)(C2(CCO[Si](c3ccccc3)(c3ccccc3)C(C)(C)C)CCC3(CC2)OCCO3)[C@H]1CCCl. The van der Waals surface area contributed by atoms with Crippen LogP contribution in [0.2, 0.25) is 5.04 Å². The quantitative estimate of drug-likeness (QED) is 0.166. The van der Waals surface area contributed by atoms with Crippen LogP contribution in [0.1, 0.15) is 86.0 Å². The van der Waals surface area contributed by atoms with Gasteiger partial charge in [-0.05, 0) is 77.6 Å². The first-order chi connectivity index (χ1) is 19.6. The minimum absolute atomic E-state index is 0.0275. The lowest BCUT2D eigenvalue weighted by molar-refractivity contribution is -0.209. The van der Waals surface area contributed by atoms with Gasteiger partial charge in [-0.3, -0.25) is 0 Å². The van der Waals surface area contributed by atoms with Crippen molar-refractivity contribution < 1.29 is 13.9 Å². The lowest BCUT2D eigenvalue weighted by Crippen LogP contribution is -2.66. The molecule has 2 aliphatic carbocycles. The van der Waals surface area contributed by atoms with Crippen molar-refractivity contribution in [3.05, 3.63) is 72.3 Å². The molecule has 0 unspecified atom stereocenters. The molecule has 224 valence electrons. The Morgan fingerprint density at radius 2 is 1.44 bits per heavy atom. The van der Waals surface area contributed by atoms with E-state index in [2.05, 4.69) is 101 Å². The predicted octanol–water partition coefficient (Wildman–Crippen LogP) is 8.25. The highest BCUT2D eigenvalue weighted by Crippen LogP contribution is 2.63. The highest BCUT2D eigenvalue weighted by Gasteiger charge is 2.57. The summed E-state index contributed by atoms with van der Waals surface area (Å²) in [4.78, 5) is 0. The van der Waals surface area contributed by atoms with Crippen molar-refractivity contribution in [2.75, 3.05) is 25.7 Å². The standard InChI is InChI=1S/C36H51ClO3Si/c1-29-13-12-19-34(5,32(29)18-25-37)35(20-22-36(23-21-35)38-27-28-39-36)24-26-40-41(33(2,3)4,30-14-8-6-9-15-30)31-16-10-7-11-17-31/h6-11,13-17,32H,12,18-28H2,1-5H3/t32-,34-/m0/s1. The zero-order valence-corrected chi connectivity index (χ0v) is 27.8. The Labute approximate surface area is 255 Å². The summed E-state index contributed by atoms with van der Waals surface area (Å²) < 4.78 is 20.0. The second kappa shape index (κ2) is 12.3. The maximum absolute atomic E-state index is 7.50. The minimum Gasteiger partial charge on any atom is -0.407 e. The maximum atomic E-state index is 7.50. The first-order valence-corrected chi connectivity index (χ1v) is 18.3. The number of halogens is 1. The topological polar surface area (TPSA) is 27.7 Å². The average Bonchev–Trinajstić information content (AvgIpc) is 3.43. The maximum Gasteiger partial charge on any atom is 0.261 e. The van der Waals surface area contributed by atoms with E-state index in [1.54, 1.807) is 0 Å². The molecule has 5 heteroatoms. The molecule has 1 heterocycles. The van der Waals surface area contributed by atoms with E-state index in [-0.39, 0.29) is 21.7 Å². The Balaban J connectivity index is 1.51. The van der Waals surface area contributed by atoms with Crippen LogP contribution >= 0.6 is 11.6 Å². The normalized spacial score (nSPS) is 26.2. The number of allylic oxidation sites excluding steroid dienone is 2. The van der Waals surface area contributed by atoms with Crippen LogP contribution in [0.3, 0.4) is 0 Å². The van der Waals surface area contributed by atoms with Gasteiger partial charge >= 0.3 is 0 Å². The summed E-state index contributed by atoms with van der Waals surface area (Å²) in [5.41, 5.74) is 1.83. The zero-order chi connectivity index (χ0) is 29.2. The summed E-state index contributed by atoms with van der Waals surface area (Å²) in [5.74, 6) is 0.831. The molecule has 0 aromatic heterocycles. The van der Waals surface area contributed by atoms with Crippen molar-refractivity contribution in [2.24, 2.45) is 16.7 Å². The van der Waals surface area contributed by atoms with E-state index in [1.807, 2.05) is 0 Å². The van der Waals surface area contributed by atoms with E-state index < -0.39 is 8.32 Å². The van der Waals surface area contributed by atoms with Crippen LogP contribution in [0.4, 0.5) is 0 Å². The Hall–Kier alpha value is -1.43. The predicted molar refractivity (Wildman–Crippen MR) is 174 cm³/mol. The number of hydrogen-bond donors (Lipinski definition) is 0. The van der Waals surface area contributed by atoms with Crippen molar-refractivity contribution in [3.63, 3.8) is 0 Å². The van der Waals surface area contributed by atoms with Gasteiger partial charge in [0.05, 0.1) is 13.2 Å². The van der Waals surface area contributed by atoms with E-state index in [1.165, 1.54) is 22.4 Å². The minimum atomic E-state index is -2.60. The van der Waals surface area contributed by atoms with Crippen molar-refractivity contribution in [3.8, 4) is 0 Å². The zero-order valence-electron chi connectivity index (χ0n) is 26.0. The van der Waals surface area contributed by atoms with Crippen LogP contribution in [0.5, 0.6) is 0 Å². The lowest BCUT2D eigenvalue weighted by atomic mass is 9.47. The fourth-order valence-electron chi connectivity index (χ4n) is 8.87. The molecule has 1 saturated heterocycles. The summed E-state index contributed by atoms with van der Waals surface area (Å²) in [6.45, 7) is 14.3. The number of ether oxygens (including phenoxy) is 2. The third kappa shape index (κ3) is 5.65. The van der Waals surface area contributed by atoms with Crippen LogP contribution < -0.4 is 10.4 Å². The molecule has 2 aromatic rings. The number of benzene rings is 2. The van der Waals surface area contributed by atoms with Gasteiger partial charge in [0.2, 0.25) is 0 Å². The van der Waals surface area contributed by atoms with E-state index in [0.717, 1.165) is 64.8 Å². The second-order valence-electron chi connectivity index (χ2n) is 14.1. The molecule has 1 saturated carbocycles. The smallest absolute Gasteiger partial charge is 0.261 e.